The summed E-state index contributed by atoms with van der Waals surface area (Å²) in [5.41, 5.74) is 3.79. The van der Waals surface area contributed by atoms with Crippen molar-refractivity contribution in [1.82, 2.24) is 15.3 Å². The Morgan fingerprint density at radius 1 is 1.29 bits per heavy atom. The van der Waals surface area contributed by atoms with Crippen molar-refractivity contribution in [3.05, 3.63) is 57.5 Å². The number of hydrogen-bond donors (Lipinski definition) is 2. The first-order chi connectivity index (χ1) is 11.6. The summed E-state index contributed by atoms with van der Waals surface area (Å²) in [7, 11) is 0. The molecule has 24 heavy (non-hydrogen) atoms. The van der Waals surface area contributed by atoms with Crippen LogP contribution in [0.3, 0.4) is 0 Å². The summed E-state index contributed by atoms with van der Waals surface area (Å²) in [6, 6.07) is 7.84. The minimum atomic E-state index is -0.213. The van der Waals surface area contributed by atoms with Gasteiger partial charge in [-0.15, -0.1) is 0 Å². The molecule has 6 heteroatoms. The van der Waals surface area contributed by atoms with E-state index in [1.165, 1.54) is 48.0 Å². The molecule has 2 aromatic rings. The third-order valence-electron chi connectivity index (χ3n) is 4.24. The van der Waals surface area contributed by atoms with Gasteiger partial charge in [0.1, 0.15) is 0 Å². The predicted octanol–water partition coefficient (Wildman–Crippen LogP) is 2.62. The van der Waals surface area contributed by atoms with E-state index in [9.17, 15) is 9.59 Å². The molecule has 0 saturated carbocycles. The third-order valence-corrected chi connectivity index (χ3v) is 5.13. The van der Waals surface area contributed by atoms with Gasteiger partial charge in [-0.3, -0.25) is 9.59 Å². The highest BCUT2D eigenvalue weighted by Gasteiger charge is 2.14. The molecule has 1 aromatic carbocycles. The Morgan fingerprint density at radius 2 is 2.08 bits per heavy atom. The molecule has 0 radical (unpaired) electrons. The number of aryl methyl sites for hydroxylation is 2. The molecule has 126 valence electrons. The number of H-pyrrole nitrogens is 1. The van der Waals surface area contributed by atoms with Gasteiger partial charge in [0, 0.05) is 12.3 Å². The van der Waals surface area contributed by atoms with Gasteiger partial charge in [0.25, 0.3) is 5.56 Å². The van der Waals surface area contributed by atoms with E-state index < -0.39 is 0 Å². The number of aromatic nitrogens is 2. The Balaban J connectivity index is 1.57. The molecule has 0 spiro atoms. The number of carbonyl (C=O) groups excluding carboxylic acids is 1. The van der Waals surface area contributed by atoms with Crippen molar-refractivity contribution >= 4 is 17.7 Å². The molecular weight excluding hydrogens is 322 g/mol. The van der Waals surface area contributed by atoms with Crippen molar-refractivity contribution in [3.63, 3.8) is 0 Å². The van der Waals surface area contributed by atoms with Crippen LogP contribution in [0, 0.1) is 0 Å². The quantitative estimate of drug-likeness (QED) is 0.646. The monoisotopic (exact) mass is 343 g/mol. The molecule has 3 rings (SSSR count). The lowest BCUT2D eigenvalue weighted by Gasteiger charge is -2.20. The van der Waals surface area contributed by atoms with Crippen LogP contribution in [0.15, 0.2) is 40.4 Å². The highest BCUT2D eigenvalue weighted by Crippen LogP contribution is 2.24. The first-order valence-corrected chi connectivity index (χ1v) is 9.19. The second-order valence-electron chi connectivity index (χ2n) is 6.05. The summed E-state index contributed by atoms with van der Waals surface area (Å²) >= 11 is 1.22. The Kier molecular flexibility index (Phi) is 5.35. The molecule has 1 aliphatic carbocycles. The SMILES string of the molecule is C[C@@H](NC(=O)CSc1nccc(=O)[nH]1)c1ccc2c(c1)CCCC2. The summed E-state index contributed by atoms with van der Waals surface area (Å²) in [4.78, 5) is 30.0. The standard InChI is InChI=1S/C18H21N3O2S/c1-12(14-7-6-13-4-2-3-5-15(13)10-14)20-17(23)11-24-18-19-9-8-16(22)21-18/h6-10,12H,2-5,11H2,1H3,(H,20,23)(H,19,21,22)/t12-/m1/s1. The summed E-state index contributed by atoms with van der Waals surface area (Å²) < 4.78 is 0. The van der Waals surface area contributed by atoms with Gasteiger partial charge in [0.05, 0.1) is 11.8 Å². The number of benzene rings is 1. The van der Waals surface area contributed by atoms with Crippen LogP contribution in [0.5, 0.6) is 0 Å². The molecule has 0 unspecified atom stereocenters. The van der Waals surface area contributed by atoms with Gasteiger partial charge in [-0.05, 0) is 49.3 Å². The van der Waals surface area contributed by atoms with Gasteiger partial charge < -0.3 is 10.3 Å². The van der Waals surface area contributed by atoms with E-state index in [1.807, 2.05) is 6.92 Å². The molecule has 1 aromatic heterocycles. The van der Waals surface area contributed by atoms with Crippen molar-refractivity contribution in [3.8, 4) is 0 Å². The van der Waals surface area contributed by atoms with Crippen LogP contribution < -0.4 is 10.9 Å². The van der Waals surface area contributed by atoms with E-state index in [0.29, 0.717) is 5.16 Å². The number of carbonyl (C=O) groups is 1. The molecule has 1 heterocycles. The minimum absolute atomic E-state index is 0.0342. The van der Waals surface area contributed by atoms with Gasteiger partial charge in [0.2, 0.25) is 5.91 Å². The van der Waals surface area contributed by atoms with Gasteiger partial charge >= 0.3 is 0 Å². The molecule has 0 bridgehead atoms. The Labute approximate surface area is 145 Å². The van der Waals surface area contributed by atoms with Gasteiger partial charge in [-0.2, -0.15) is 0 Å². The third kappa shape index (κ3) is 4.26. The van der Waals surface area contributed by atoms with Crippen molar-refractivity contribution in [1.29, 1.82) is 0 Å². The normalized spacial score (nSPS) is 14.7. The van der Waals surface area contributed by atoms with Crippen LogP contribution in [-0.2, 0) is 17.6 Å². The fraction of sp³-hybridized carbons (Fsp3) is 0.389. The van der Waals surface area contributed by atoms with E-state index >= 15 is 0 Å². The molecular formula is C18H21N3O2S. The molecule has 0 aliphatic heterocycles. The molecule has 0 saturated heterocycles. The largest absolute Gasteiger partial charge is 0.349 e. The van der Waals surface area contributed by atoms with Crippen LogP contribution >= 0.6 is 11.8 Å². The number of rotatable bonds is 5. The van der Waals surface area contributed by atoms with Gasteiger partial charge in [-0.1, -0.05) is 30.0 Å². The van der Waals surface area contributed by atoms with E-state index in [0.717, 1.165) is 18.4 Å². The van der Waals surface area contributed by atoms with E-state index in [-0.39, 0.29) is 23.3 Å². The first-order valence-electron chi connectivity index (χ1n) is 8.21. The van der Waals surface area contributed by atoms with Crippen molar-refractivity contribution < 1.29 is 4.79 Å². The number of thioether (sulfide) groups is 1. The molecule has 1 atom stereocenters. The smallest absolute Gasteiger partial charge is 0.251 e. The molecule has 1 amide bonds. The Morgan fingerprint density at radius 3 is 2.88 bits per heavy atom. The lowest BCUT2D eigenvalue weighted by atomic mass is 9.89. The van der Waals surface area contributed by atoms with Gasteiger partial charge in [-0.25, -0.2) is 4.98 Å². The van der Waals surface area contributed by atoms with Crippen LogP contribution in [0.2, 0.25) is 0 Å². The van der Waals surface area contributed by atoms with Crippen LogP contribution in [0.1, 0.15) is 42.5 Å². The maximum absolute atomic E-state index is 12.1. The van der Waals surface area contributed by atoms with Crippen molar-refractivity contribution in [2.24, 2.45) is 0 Å². The molecule has 1 aliphatic rings. The average Bonchev–Trinajstić information content (AvgIpc) is 2.59. The molecule has 0 fully saturated rings. The number of nitrogens with one attached hydrogen (secondary N) is 2. The number of hydrogen-bond acceptors (Lipinski definition) is 4. The topological polar surface area (TPSA) is 74.8 Å². The number of amides is 1. The van der Waals surface area contributed by atoms with E-state index in [2.05, 4.69) is 33.5 Å². The van der Waals surface area contributed by atoms with Crippen LogP contribution in [-0.4, -0.2) is 21.6 Å². The van der Waals surface area contributed by atoms with E-state index in [1.54, 1.807) is 0 Å². The Hall–Kier alpha value is -2.08. The minimum Gasteiger partial charge on any atom is -0.349 e. The maximum atomic E-state index is 12.1. The Bertz CT molecular complexity index is 788. The molecule has 2 N–H and O–H groups in total. The van der Waals surface area contributed by atoms with Crippen LogP contribution in [0.4, 0.5) is 0 Å². The fourth-order valence-electron chi connectivity index (χ4n) is 2.95. The second kappa shape index (κ2) is 7.66. The van der Waals surface area contributed by atoms with Crippen molar-refractivity contribution in [2.75, 3.05) is 5.75 Å². The maximum Gasteiger partial charge on any atom is 0.251 e. The fourth-order valence-corrected chi connectivity index (χ4v) is 3.61. The summed E-state index contributed by atoms with van der Waals surface area (Å²) in [6.45, 7) is 2.00. The van der Waals surface area contributed by atoms with Gasteiger partial charge in [0.15, 0.2) is 5.16 Å². The highest BCUT2D eigenvalue weighted by molar-refractivity contribution is 7.99. The predicted molar refractivity (Wildman–Crippen MR) is 95.2 cm³/mol. The summed E-state index contributed by atoms with van der Waals surface area (Å²) in [5.74, 6) is 0.152. The number of fused-ring (bicyclic) bond motifs is 1. The zero-order chi connectivity index (χ0) is 16.9. The number of nitrogens with zero attached hydrogens (tertiary/aromatic N) is 1. The summed E-state index contributed by atoms with van der Waals surface area (Å²) in [5, 5.41) is 3.47. The lowest BCUT2D eigenvalue weighted by molar-refractivity contribution is -0.119. The highest BCUT2D eigenvalue weighted by atomic mass is 32.2. The second-order valence-corrected chi connectivity index (χ2v) is 7.02. The summed E-state index contributed by atoms with van der Waals surface area (Å²) in [6.07, 6.45) is 6.25. The van der Waals surface area contributed by atoms with Crippen LogP contribution in [0.25, 0.3) is 0 Å². The zero-order valence-corrected chi connectivity index (χ0v) is 14.5. The lowest BCUT2D eigenvalue weighted by Crippen LogP contribution is -2.28. The van der Waals surface area contributed by atoms with Crippen molar-refractivity contribution in [2.45, 2.75) is 43.8 Å². The zero-order valence-electron chi connectivity index (χ0n) is 13.7. The molecule has 5 nitrogen and oxygen atoms in total. The average molecular weight is 343 g/mol. The van der Waals surface area contributed by atoms with E-state index in [4.69, 9.17) is 0 Å². The first kappa shape index (κ1) is 16.8. The number of aromatic amines is 1.